The Morgan fingerprint density at radius 1 is 1.19 bits per heavy atom. The maximum atomic E-state index is 13.0. The lowest BCUT2D eigenvalue weighted by Gasteiger charge is -2.34. The number of ether oxygens (including phenoxy) is 2. The molecule has 198 valence electrons. The molecule has 2 heterocycles. The van der Waals surface area contributed by atoms with E-state index in [1.165, 1.54) is 4.57 Å². The summed E-state index contributed by atoms with van der Waals surface area (Å²) in [4.78, 5) is 42.7. The number of halogens is 1. The van der Waals surface area contributed by atoms with E-state index in [4.69, 9.17) is 9.47 Å². The third-order valence-electron chi connectivity index (χ3n) is 6.08. The van der Waals surface area contributed by atoms with Gasteiger partial charge in [-0.3, -0.25) is 14.3 Å². The molecule has 37 heavy (non-hydrogen) atoms. The first kappa shape index (κ1) is 26.9. The number of aromatic amines is 1. The van der Waals surface area contributed by atoms with Crippen molar-refractivity contribution >= 4 is 32.9 Å². The van der Waals surface area contributed by atoms with Crippen LogP contribution in [-0.4, -0.2) is 58.4 Å². The normalized spacial score (nSPS) is 16.3. The minimum absolute atomic E-state index is 0.165. The molecule has 0 bridgehead atoms. The van der Waals surface area contributed by atoms with Crippen LogP contribution in [0.2, 0.25) is 0 Å². The van der Waals surface area contributed by atoms with Gasteiger partial charge in [-0.15, -0.1) is 0 Å². The molecular weight excluding hydrogens is 540 g/mol. The number of fused-ring (bicyclic) bond motifs is 1. The summed E-state index contributed by atoms with van der Waals surface area (Å²) in [5, 5.41) is 3.63. The number of nitrogens with zero attached hydrogens (tertiary/aromatic N) is 2. The Labute approximate surface area is 223 Å². The van der Waals surface area contributed by atoms with Gasteiger partial charge in [0.1, 0.15) is 23.3 Å². The number of hydrogen-bond acceptors (Lipinski definition) is 6. The van der Waals surface area contributed by atoms with E-state index in [1.807, 2.05) is 45.0 Å². The Balaban J connectivity index is 1.67. The summed E-state index contributed by atoms with van der Waals surface area (Å²) in [5.41, 5.74) is 0.514. The Kier molecular flexibility index (Phi) is 7.80. The standard InChI is InChI=1S/C27H33BrN4O5/c1-16(2)19-8-6-7-9-20(19)32-21-12-17(28)13-22(23(21)24(33)30-25(32)34)36-15-18-14-31(11-10-29-18)26(35)37-27(3,4)5/h6-9,12-13,16,18,29H,10-11,14-15H2,1-5H3,(H,30,33,34)/t18-/m1/s1. The number of para-hydroxylation sites is 1. The molecule has 1 fully saturated rings. The molecule has 1 amide bonds. The first-order chi connectivity index (χ1) is 17.4. The molecule has 0 spiro atoms. The van der Waals surface area contributed by atoms with E-state index >= 15 is 0 Å². The van der Waals surface area contributed by atoms with Gasteiger partial charge >= 0.3 is 11.8 Å². The summed E-state index contributed by atoms with van der Waals surface area (Å²) < 4.78 is 13.8. The van der Waals surface area contributed by atoms with Crippen molar-refractivity contribution in [3.63, 3.8) is 0 Å². The van der Waals surface area contributed by atoms with Gasteiger partial charge in [0, 0.05) is 24.1 Å². The fourth-order valence-electron chi connectivity index (χ4n) is 4.45. The third kappa shape index (κ3) is 6.07. The van der Waals surface area contributed by atoms with Crippen molar-refractivity contribution in [3.8, 4) is 11.4 Å². The van der Waals surface area contributed by atoms with Crippen molar-refractivity contribution < 1.29 is 14.3 Å². The van der Waals surface area contributed by atoms with E-state index in [2.05, 4.69) is 40.1 Å². The van der Waals surface area contributed by atoms with Gasteiger partial charge in [-0.2, -0.15) is 0 Å². The van der Waals surface area contributed by atoms with Crippen molar-refractivity contribution in [2.45, 2.75) is 52.2 Å². The van der Waals surface area contributed by atoms with Gasteiger partial charge in [-0.05, 0) is 50.5 Å². The van der Waals surface area contributed by atoms with Crippen LogP contribution in [0.5, 0.6) is 5.75 Å². The van der Waals surface area contributed by atoms with Crippen molar-refractivity contribution in [1.82, 2.24) is 19.8 Å². The van der Waals surface area contributed by atoms with Gasteiger partial charge in [0.15, 0.2) is 0 Å². The van der Waals surface area contributed by atoms with Gasteiger partial charge < -0.3 is 19.7 Å². The highest BCUT2D eigenvalue weighted by atomic mass is 79.9. The highest BCUT2D eigenvalue weighted by Crippen LogP contribution is 2.30. The SMILES string of the molecule is CC(C)c1ccccc1-n1c(=O)[nH]c(=O)c2c(OC[C@H]3CN(C(=O)OC(C)(C)C)CCN3)cc(Br)cc21. The number of H-pyrrole nitrogens is 1. The first-order valence-electron chi connectivity index (χ1n) is 12.4. The van der Waals surface area contributed by atoms with Crippen LogP contribution >= 0.6 is 15.9 Å². The van der Waals surface area contributed by atoms with Gasteiger partial charge in [-0.25, -0.2) is 9.59 Å². The van der Waals surface area contributed by atoms with E-state index < -0.39 is 16.9 Å². The molecule has 2 aromatic carbocycles. The number of rotatable bonds is 5. The van der Waals surface area contributed by atoms with Crippen LogP contribution in [0.4, 0.5) is 4.79 Å². The summed E-state index contributed by atoms with van der Waals surface area (Å²) >= 11 is 3.52. The van der Waals surface area contributed by atoms with E-state index in [0.29, 0.717) is 41.1 Å². The maximum Gasteiger partial charge on any atom is 0.410 e. The molecule has 1 aromatic heterocycles. The summed E-state index contributed by atoms with van der Waals surface area (Å²) in [7, 11) is 0. The number of benzene rings is 2. The monoisotopic (exact) mass is 572 g/mol. The van der Waals surface area contributed by atoms with Crippen molar-refractivity contribution in [2.75, 3.05) is 26.2 Å². The summed E-state index contributed by atoms with van der Waals surface area (Å²) in [6, 6.07) is 10.9. The molecule has 3 aromatic rings. The average Bonchev–Trinajstić information content (AvgIpc) is 2.81. The van der Waals surface area contributed by atoms with Crippen LogP contribution in [0.3, 0.4) is 0 Å². The van der Waals surface area contributed by atoms with Crippen LogP contribution < -0.4 is 21.3 Å². The van der Waals surface area contributed by atoms with E-state index in [0.717, 1.165) is 5.56 Å². The predicted molar refractivity (Wildman–Crippen MR) is 147 cm³/mol. The minimum atomic E-state index is -0.575. The Hall–Kier alpha value is -3.11. The number of hydrogen-bond donors (Lipinski definition) is 2. The van der Waals surface area contributed by atoms with Crippen LogP contribution in [-0.2, 0) is 4.74 Å². The molecule has 2 N–H and O–H groups in total. The highest BCUT2D eigenvalue weighted by Gasteiger charge is 2.28. The Morgan fingerprint density at radius 3 is 2.62 bits per heavy atom. The average molecular weight is 573 g/mol. The molecule has 10 heteroatoms. The van der Waals surface area contributed by atoms with E-state index in [-0.39, 0.29) is 30.0 Å². The molecule has 1 atom stereocenters. The number of amides is 1. The largest absolute Gasteiger partial charge is 0.491 e. The summed E-state index contributed by atoms with van der Waals surface area (Å²) in [5.74, 6) is 0.510. The first-order valence-corrected chi connectivity index (χ1v) is 13.2. The van der Waals surface area contributed by atoms with E-state index in [1.54, 1.807) is 17.0 Å². The lowest BCUT2D eigenvalue weighted by molar-refractivity contribution is 0.0178. The quantitative estimate of drug-likeness (QED) is 0.475. The van der Waals surface area contributed by atoms with Gasteiger partial charge in [0.25, 0.3) is 5.56 Å². The molecule has 0 radical (unpaired) electrons. The summed E-state index contributed by atoms with van der Waals surface area (Å²) in [6.45, 7) is 11.4. The summed E-state index contributed by atoms with van der Waals surface area (Å²) in [6.07, 6.45) is -0.365. The van der Waals surface area contributed by atoms with Crippen LogP contribution in [0.15, 0.2) is 50.5 Å². The second-order valence-corrected chi connectivity index (χ2v) is 11.4. The lowest BCUT2D eigenvalue weighted by atomic mass is 10.0. The zero-order chi connectivity index (χ0) is 26.9. The maximum absolute atomic E-state index is 13.0. The topological polar surface area (TPSA) is 106 Å². The number of carbonyl (C=O) groups is 1. The number of piperazine rings is 1. The molecule has 1 aliphatic heterocycles. The molecule has 0 unspecified atom stereocenters. The number of aromatic nitrogens is 2. The third-order valence-corrected chi connectivity index (χ3v) is 6.54. The predicted octanol–water partition coefficient (Wildman–Crippen LogP) is 4.15. The van der Waals surface area contributed by atoms with Crippen molar-refractivity contribution in [1.29, 1.82) is 0 Å². The van der Waals surface area contributed by atoms with Crippen molar-refractivity contribution in [2.24, 2.45) is 0 Å². The van der Waals surface area contributed by atoms with Crippen LogP contribution in [0, 0.1) is 0 Å². The van der Waals surface area contributed by atoms with Crippen LogP contribution in [0.25, 0.3) is 16.6 Å². The van der Waals surface area contributed by atoms with E-state index in [9.17, 15) is 14.4 Å². The molecular formula is C27H33BrN4O5. The second-order valence-electron chi connectivity index (χ2n) is 10.5. The molecule has 0 saturated carbocycles. The fourth-order valence-corrected chi connectivity index (χ4v) is 4.87. The van der Waals surface area contributed by atoms with Gasteiger partial charge in [0.05, 0.1) is 17.2 Å². The molecule has 9 nitrogen and oxygen atoms in total. The molecule has 4 rings (SSSR count). The Morgan fingerprint density at radius 2 is 1.92 bits per heavy atom. The zero-order valence-electron chi connectivity index (χ0n) is 21.8. The fraction of sp³-hybridized carbons (Fsp3) is 0.444. The zero-order valence-corrected chi connectivity index (χ0v) is 23.3. The minimum Gasteiger partial charge on any atom is -0.491 e. The smallest absolute Gasteiger partial charge is 0.410 e. The lowest BCUT2D eigenvalue weighted by Crippen LogP contribution is -2.55. The number of nitrogens with one attached hydrogen (secondary N) is 2. The molecule has 1 saturated heterocycles. The second kappa shape index (κ2) is 10.7. The van der Waals surface area contributed by atoms with Gasteiger partial charge in [-0.1, -0.05) is 48.0 Å². The Bertz CT molecular complexity index is 1420. The van der Waals surface area contributed by atoms with Crippen LogP contribution in [0.1, 0.15) is 46.1 Å². The molecule has 0 aliphatic carbocycles. The molecule has 1 aliphatic rings. The van der Waals surface area contributed by atoms with Crippen molar-refractivity contribution in [3.05, 3.63) is 67.3 Å². The highest BCUT2D eigenvalue weighted by molar-refractivity contribution is 9.10. The number of carbonyl (C=O) groups excluding carboxylic acids is 1. The van der Waals surface area contributed by atoms with Gasteiger partial charge in [0.2, 0.25) is 0 Å².